The number of hydrogen-bond donors (Lipinski definition) is 0. The molecule has 130 valence electrons. The van der Waals surface area contributed by atoms with Crippen molar-refractivity contribution >= 4 is 34.9 Å². The number of benzene rings is 2. The van der Waals surface area contributed by atoms with E-state index in [9.17, 15) is 5.26 Å². The highest BCUT2D eigenvalue weighted by Gasteiger charge is 2.12. The van der Waals surface area contributed by atoms with Crippen LogP contribution in [0.3, 0.4) is 0 Å². The Labute approximate surface area is 163 Å². The fourth-order valence-electron chi connectivity index (χ4n) is 3.06. The van der Waals surface area contributed by atoms with Gasteiger partial charge in [-0.1, -0.05) is 47.0 Å². The van der Waals surface area contributed by atoms with Gasteiger partial charge in [0.25, 0.3) is 0 Å². The van der Waals surface area contributed by atoms with Gasteiger partial charge in [0, 0.05) is 27.7 Å². The highest BCUT2D eigenvalue weighted by molar-refractivity contribution is 6.36. The minimum atomic E-state index is 0.470. The van der Waals surface area contributed by atoms with E-state index < -0.39 is 0 Å². The SMILES string of the molecule is Cc1ccc(-n2c(C)cc(/C=C(/C#N)c3ccc(Cl)cc3Cl)c2C)cc1. The molecule has 0 radical (unpaired) electrons. The number of halogens is 2. The maximum Gasteiger partial charge on any atom is 0.0998 e. The number of allylic oxidation sites excluding steroid dienone is 1. The number of aromatic nitrogens is 1. The molecule has 0 aliphatic carbocycles. The Kier molecular flexibility index (Phi) is 5.23. The predicted octanol–water partition coefficient (Wildman–Crippen LogP) is 6.77. The molecule has 0 bridgehead atoms. The standard InChI is InChI=1S/C22H18Cl2N2/c1-14-4-7-20(8-5-14)26-15(2)10-17(16(26)3)11-18(13-25)21-9-6-19(23)12-22(21)24/h4-12H,1-3H3/b18-11-. The molecule has 1 heterocycles. The predicted molar refractivity (Wildman–Crippen MR) is 110 cm³/mol. The summed E-state index contributed by atoms with van der Waals surface area (Å²) in [5, 5.41) is 10.7. The van der Waals surface area contributed by atoms with Crippen molar-refractivity contribution < 1.29 is 0 Å². The van der Waals surface area contributed by atoms with Crippen molar-refractivity contribution in [3.8, 4) is 11.8 Å². The summed E-state index contributed by atoms with van der Waals surface area (Å²) in [5.41, 5.74) is 6.69. The van der Waals surface area contributed by atoms with Gasteiger partial charge in [0.05, 0.1) is 16.7 Å². The molecular weight excluding hydrogens is 363 g/mol. The van der Waals surface area contributed by atoms with E-state index in [4.69, 9.17) is 23.2 Å². The average Bonchev–Trinajstić information content (AvgIpc) is 2.88. The Morgan fingerprint density at radius 2 is 1.69 bits per heavy atom. The smallest absolute Gasteiger partial charge is 0.0998 e. The van der Waals surface area contributed by atoms with Crippen molar-refractivity contribution in [2.75, 3.05) is 0 Å². The number of nitrogens with zero attached hydrogens (tertiary/aromatic N) is 2. The molecule has 0 N–H and O–H groups in total. The van der Waals surface area contributed by atoms with E-state index in [1.54, 1.807) is 18.2 Å². The second-order valence-electron chi connectivity index (χ2n) is 6.29. The third-order valence-electron chi connectivity index (χ3n) is 4.40. The van der Waals surface area contributed by atoms with E-state index in [1.807, 2.05) is 6.08 Å². The maximum atomic E-state index is 9.63. The van der Waals surface area contributed by atoms with Crippen LogP contribution in [-0.2, 0) is 0 Å². The van der Waals surface area contributed by atoms with Gasteiger partial charge >= 0.3 is 0 Å². The Morgan fingerprint density at radius 1 is 1.00 bits per heavy atom. The third-order valence-corrected chi connectivity index (χ3v) is 4.95. The summed E-state index contributed by atoms with van der Waals surface area (Å²) < 4.78 is 2.18. The summed E-state index contributed by atoms with van der Waals surface area (Å²) in [7, 11) is 0. The van der Waals surface area contributed by atoms with Crippen molar-refractivity contribution in [3.05, 3.63) is 86.7 Å². The molecule has 4 heteroatoms. The van der Waals surface area contributed by atoms with Gasteiger partial charge in [-0.15, -0.1) is 0 Å². The van der Waals surface area contributed by atoms with E-state index in [2.05, 4.69) is 61.7 Å². The summed E-state index contributed by atoms with van der Waals surface area (Å²) in [4.78, 5) is 0. The van der Waals surface area contributed by atoms with Crippen LogP contribution < -0.4 is 0 Å². The highest BCUT2D eigenvalue weighted by atomic mass is 35.5. The second kappa shape index (κ2) is 7.41. The maximum absolute atomic E-state index is 9.63. The van der Waals surface area contributed by atoms with E-state index in [0.717, 1.165) is 22.6 Å². The zero-order chi connectivity index (χ0) is 18.8. The van der Waals surface area contributed by atoms with Crippen LogP contribution >= 0.6 is 23.2 Å². The second-order valence-corrected chi connectivity index (χ2v) is 7.14. The van der Waals surface area contributed by atoms with Crippen molar-refractivity contribution in [3.63, 3.8) is 0 Å². The summed E-state index contributed by atoms with van der Waals surface area (Å²) >= 11 is 12.2. The Hall–Kier alpha value is -2.47. The molecule has 2 aromatic carbocycles. The highest BCUT2D eigenvalue weighted by Crippen LogP contribution is 2.30. The van der Waals surface area contributed by atoms with Crippen LogP contribution in [-0.4, -0.2) is 4.57 Å². The molecule has 1 aromatic heterocycles. The zero-order valence-electron chi connectivity index (χ0n) is 14.8. The molecule has 0 saturated carbocycles. The van der Waals surface area contributed by atoms with Crippen LogP contribution in [0.5, 0.6) is 0 Å². The Morgan fingerprint density at radius 3 is 2.31 bits per heavy atom. The topological polar surface area (TPSA) is 28.7 Å². The van der Waals surface area contributed by atoms with Crippen LogP contribution in [0.4, 0.5) is 0 Å². The molecule has 0 fully saturated rings. The van der Waals surface area contributed by atoms with Crippen LogP contribution in [0.15, 0.2) is 48.5 Å². The first-order valence-electron chi connectivity index (χ1n) is 8.24. The van der Waals surface area contributed by atoms with E-state index in [-0.39, 0.29) is 0 Å². The van der Waals surface area contributed by atoms with Crippen LogP contribution in [0, 0.1) is 32.1 Å². The third kappa shape index (κ3) is 3.55. The summed E-state index contributed by atoms with van der Waals surface area (Å²) in [6, 6.07) is 17.9. The van der Waals surface area contributed by atoms with Crippen LogP contribution in [0.1, 0.15) is 28.1 Å². The summed E-state index contributed by atoms with van der Waals surface area (Å²) in [6.07, 6.45) is 1.88. The van der Waals surface area contributed by atoms with E-state index in [1.165, 1.54) is 5.56 Å². The molecule has 0 aliphatic heterocycles. The van der Waals surface area contributed by atoms with Crippen molar-refractivity contribution in [2.24, 2.45) is 0 Å². The van der Waals surface area contributed by atoms with Gasteiger partial charge in [0.2, 0.25) is 0 Å². The van der Waals surface area contributed by atoms with Gasteiger partial charge in [-0.2, -0.15) is 5.26 Å². The largest absolute Gasteiger partial charge is 0.318 e. The monoisotopic (exact) mass is 380 g/mol. The van der Waals surface area contributed by atoms with Crippen molar-refractivity contribution in [2.45, 2.75) is 20.8 Å². The molecule has 0 aliphatic rings. The van der Waals surface area contributed by atoms with Gasteiger partial charge in [-0.05, 0) is 62.7 Å². The summed E-state index contributed by atoms with van der Waals surface area (Å²) in [5.74, 6) is 0. The molecule has 3 aromatic rings. The molecule has 0 amide bonds. The quantitative estimate of drug-likeness (QED) is 0.460. The van der Waals surface area contributed by atoms with E-state index in [0.29, 0.717) is 21.2 Å². The molecule has 3 rings (SSSR count). The number of nitriles is 1. The van der Waals surface area contributed by atoms with Crippen LogP contribution in [0.2, 0.25) is 10.0 Å². The number of hydrogen-bond acceptors (Lipinski definition) is 1. The lowest BCUT2D eigenvalue weighted by Gasteiger charge is -2.10. The Bertz CT molecular complexity index is 1040. The van der Waals surface area contributed by atoms with Crippen molar-refractivity contribution in [1.29, 1.82) is 5.26 Å². The number of aryl methyl sites for hydroxylation is 2. The van der Waals surface area contributed by atoms with Gasteiger partial charge in [0.1, 0.15) is 0 Å². The van der Waals surface area contributed by atoms with Crippen molar-refractivity contribution in [1.82, 2.24) is 4.57 Å². The fraction of sp³-hybridized carbons (Fsp3) is 0.136. The van der Waals surface area contributed by atoms with Gasteiger partial charge in [0.15, 0.2) is 0 Å². The average molecular weight is 381 g/mol. The van der Waals surface area contributed by atoms with Gasteiger partial charge in [-0.3, -0.25) is 0 Å². The lowest BCUT2D eigenvalue weighted by Crippen LogP contribution is -1.99. The molecule has 0 saturated heterocycles. The fourth-order valence-corrected chi connectivity index (χ4v) is 3.57. The lowest BCUT2D eigenvalue weighted by molar-refractivity contribution is 0.963. The minimum Gasteiger partial charge on any atom is -0.318 e. The van der Waals surface area contributed by atoms with Gasteiger partial charge < -0.3 is 4.57 Å². The molecule has 0 spiro atoms. The normalized spacial score (nSPS) is 11.5. The number of rotatable bonds is 3. The van der Waals surface area contributed by atoms with Gasteiger partial charge in [-0.25, -0.2) is 0 Å². The molecule has 26 heavy (non-hydrogen) atoms. The van der Waals surface area contributed by atoms with Crippen LogP contribution in [0.25, 0.3) is 17.3 Å². The van der Waals surface area contributed by atoms with E-state index >= 15 is 0 Å². The molecule has 0 atom stereocenters. The Balaban J connectivity index is 2.09. The minimum absolute atomic E-state index is 0.470. The lowest BCUT2D eigenvalue weighted by atomic mass is 10.0. The first kappa shape index (κ1) is 18.3. The molecular formula is C22H18Cl2N2. The zero-order valence-corrected chi connectivity index (χ0v) is 16.4. The summed E-state index contributed by atoms with van der Waals surface area (Å²) in [6.45, 7) is 6.19. The first-order valence-corrected chi connectivity index (χ1v) is 8.99. The molecule has 2 nitrogen and oxygen atoms in total. The first-order chi connectivity index (χ1) is 12.4. The molecule has 0 unspecified atom stereocenters.